The van der Waals surface area contributed by atoms with Gasteiger partial charge < -0.3 is 20.4 Å². The Bertz CT molecular complexity index is 1440. The predicted octanol–water partition coefficient (Wildman–Crippen LogP) is 4.38. The summed E-state index contributed by atoms with van der Waals surface area (Å²) < 4.78 is 70.3. The third kappa shape index (κ3) is 5.86. The topological polar surface area (TPSA) is 125 Å². The van der Waals surface area contributed by atoms with E-state index in [4.69, 9.17) is 23.2 Å². The smallest absolute Gasteiger partial charge is 0.248 e. The maximum Gasteiger partial charge on any atom is 0.248 e. The van der Waals surface area contributed by atoms with Crippen molar-refractivity contribution >= 4 is 34.1 Å². The molecule has 3 heterocycles. The van der Waals surface area contributed by atoms with Crippen LogP contribution in [-0.2, 0) is 0 Å². The molecule has 1 saturated carbocycles. The predicted molar refractivity (Wildman–Crippen MR) is 146 cm³/mol. The molecule has 6 atom stereocenters. The molecule has 3 aromatic rings. The number of halogens is 7. The molecular formula is C26H27Cl2F5N4O4S. The van der Waals surface area contributed by atoms with Gasteiger partial charge in [0.05, 0.1) is 46.6 Å². The van der Waals surface area contributed by atoms with Crippen LogP contribution in [0.15, 0.2) is 30.5 Å². The lowest BCUT2D eigenvalue weighted by Crippen LogP contribution is -2.53. The van der Waals surface area contributed by atoms with Gasteiger partial charge >= 0.3 is 0 Å². The Kier molecular flexibility index (Phi) is 8.80. The molecule has 1 saturated heterocycles. The van der Waals surface area contributed by atoms with Crippen molar-refractivity contribution in [3.8, 4) is 11.3 Å². The number of pyridine rings is 1. The first-order chi connectivity index (χ1) is 19.7. The lowest BCUT2D eigenvalue weighted by atomic mass is 9.79. The van der Waals surface area contributed by atoms with E-state index in [1.54, 1.807) is 0 Å². The van der Waals surface area contributed by atoms with Gasteiger partial charge in [0.1, 0.15) is 16.9 Å². The number of aliphatic hydroxyl groups is 4. The molecule has 1 aliphatic carbocycles. The van der Waals surface area contributed by atoms with E-state index in [0.29, 0.717) is 0 Å². The van der Waals surface area contributed by atoms with Crippen LogP contribution in [0.25, 0.3) is 11.3 Å². The molecule has 2 aromatic heterocycles. The number of alkyl halides is 2. The van der Waals surface area contributed by atoms with Crippen molar-refractivity contribution in [2.75, 3.05) is 12.4 Å². The number of aliphatic hydroxyl groups excluding tert-OH is 3. The number of hydrogen-bond acceptors (Lipinski definition) is 7. The van der Waals surface area contributed by atoms with Crippen molar-refractivity contribution in [2.24, 2.45) is 0 Å². The van der Waals surface area contributed by atoms with Gasteiger partial charge in [-0.2, -0.15) is 0 Å². The molecule has 0 amide bonds. The zero-order chi connectivity index (χ0) is 30.6. The lowest BCUT2D eigenvalue weighted by molar-refractivity contribution is -0.105. The number of benzene rings is 1. The Labute approximate surface area is 249 Å². The van der Waals surface area contributed by atoms with Crippen LogP contribution in [-0.4, -0.2) is 81.7 Å². The average Bonchev–Trinajstić information content (AvgIpc) is 3.41. The summed E-state index contributed by atoms with van der Waals surface area (Å²) in [6, 6.07) is 3.10. The minimum absolute atomic E-state index is 0.0273. The number of hydrogen-bond donors (Lipinski definition) is 5. The second kappa shape index (κ2) is 11.8. The second-order valence-corrected chi connectivity index (χ2v) is 14.1. The van der Waals surface area contributed by atoms with Gasteiger partial charge in [0, 0.05) is 29.4 Å². The molecule has 2 aliphatic rings. The second-order valence-electron chi connectivity index (χ2n) is 10.7. The fourth-order valence-corrected chi connectivity index (χ4v) is 10.0. The summed E-state index contributed by atoms with van der Waals surface area (Å²) in [5, 5.41) is 50.9. The fraction of sp³-hybridized carbons (Fsp3) is 0.500. The van der Waals surface area contributed by atoms with Crippen molar-refractivity contribution < 1.29 is 42.4 Å². The maximum atomic E-state index is 14.1. The van der Waals surface area contributed by atoms with E-state index >= 15 is 0 Å². The summed E-state index contributed by atoms with van der Waals surface area (Å²) in [5.74, 6) is -7.63. The highest BCUT2D eigenvalue weighted by molar-refractivity contribution is 8.18. The van der Waals surface area contributed by atoms with Crippen molar-refractivity contribution in [1.82, 2.24) is 20.0 Å². The van der Waals surface area contributed by atoms with Crippen LogP contribution in [0.5, 0.6) is 0 Å². The van der Waals surface area contributed by atoms with Gasteiger partial charge in [0.25, 0.3) is 0 Å². The number of rotatable bonds is 6. The SMILES string of the molecule is OC[C@@H]1[C@H](O)[C@@H](n2cc(-c3cc(F)c(F)c(F)c3)nn2)[C@@H](O)C[SH]1[C@H](c1nc(Cl)ccc1Cl)C1(O)CCC(F)(F)CC1. The van der Waals surface area contributed by atoms with Crippen molar-refractivity contribution in [3.05, 3.63) is 63.8 Å². The molecule has 1 aliphatic heterocycles. The zero-order valence-electron chi connectivity index (χ0n) is 21.7. The Morgan fingerprint density at radius 2 is 1.69 bits per heavy atom. The number of thiol groups is 1. The van der Waals surface area contributed by atoms with Crippen molar-refractivity contribution in [3.63, 3.8) is 0 Å². The van der Waals surface area contributed by atoms with Crippen LogP contribution < -0.4 is 0 Å². The highest BCUT2D eigenvalue weighted by Crippen LogP contribution is 2.61. The monoisotopic (exact) mass is 656 g/mol. The third-order valence-electron chi connectivity index (χ3n) is 8.03. The molecule has 0 bridgehead atoms. The van der Waals surface area contributed by atoms with Gasteiger partial charge in [-0.05, 0) is 37.1 Å². The van der Waals surface area contributed by atoms with E-state index in [2.05, 4.69) is 15.3 Å². The van der Waals surface area contributed by atoms with E-state index < -0.39 is 88.1 Å². The largest absolute Gasteiger partial charge is 0.395 e. The highest BCUT2D eigenvalue weighted by atomic mass is 35.5. The van der Waals surface area contributed by atoms with Crippen LogP contribution in [0.1, 0.15) is 42.7 Å². The Morgan fingerprint density at radius 3 is 2.31 bits per heavy atom. The van der Waals surface area contributed by atoms with E-state index in [1.807, 2.05) is 0 Å². The summed E-state index contributed by atoms with van der Waals surface area (Å²) in [6.45, 7) is -0.618. The third-order valence-corrected chi connectivity index (χ3v) is 12.1. The first kappa shape index (κ1) is 31.4. The minimum atomic E-state index is -2.98. The molecule has 0 radical (unpaired) electrons. The van der Waals surface area contributed by atoms with Gasteiger partial charge in [-0.15, -0.1) is 5.10 Å². The highest BCUT2D eigenvalue weighted by Gasteiger charge is 2.54. The summed E-state index contributed by atoms with van der Waals surface area (Å²) in [7, 11) is -1.80. The molecule has 0 spiro atoms. The zero-order valence-corrected chi connectivity index (χ0v) is 24.1. The van der Waals surface area contributed by atoms with E-state index in [9.17, 15) is 42.4 Å². The Hall–Kier alpha value is -2.07. The molecule has 42 heavy (non-hydrogen) atoms. The van der Waals surface area contributed by atoms with Crippen molar-refractivity contribution in [2.45, 2.75) is 66.0 Å². The molecule has 1 aromatic carbocycles. The molecule has 16 heteroatoms. The number of aromatic nitrogens is 4. The molecule has 4 N–H and O–H groups in total. The van der Waals surface area contributed by atoms with E-state index in [1.165, 1.54) is 18.3 Å². The van der Waals surface area contributed by atoms with Crippen molar-refractivity contribution in [1.29, 1.82) is 0 Å². The molecule has 230 valence electrons. The van der Waals surface area contributed by atoms with Crippen LogP contribution in [0.4, 0.5) is 22.0 Å². The lowest BCUT2D eigenvalue weighted by Gasteiger charge is -2.53. The molecular weight excluding hydrogens is 630 g/mol. The quantitative estimate of drug-likeness (QED) is 0.115. The first-order valence-electron chi connectivity index (χ1n) is 13.0. The molecule has 1 unspecified atom stereocenters. The van der Waals surface area contributed by atoms with Gasteiger partial charge in [0.2, 0.25) is 5.92 Å². The summed E-state index contributed by atoms with van der Waals surface area (Å²) in [4.78, 5) is 4.30. The average molecular weight is 657 g/mol. The van der Waals surface area contributed by atoms with Gasteiger partial charge in [-0.3, -0.25) is 0 Å². The van der Waals surface area contributed by atoms with Crippen LogP contribution >= 0.6 is 34.1 Å². The Balaban J connectivity index is 1.51. The van der Waals surface area contributed by atoms with Gasteiger partial charge in [0.15, 0.2) is 17.5 Å². The summed E-state index contributed by atoms with van der Waals surface area (Å²) >= 11 is 12.6. The van der Waals surface area contributed by atoms with E-state index in [-0.39, 0.29) is 45.7 Å². The summed E-state index contributed by atoms with van der Waals surface area (Å²) in [5.41, 5.74) is -1.86. The van der Waals surface area contributed by atoms with Crippen LogP contribution in [0.3, 0.4) is 0 Å². The van der Waals surface area contributed by atoms with Crippen LogP contribution in [0, 0.1) is 17.5 Å². The van der Waals surface area contributed by atoms with Gasteiger partial charge in [-0.1, -0.05) is 28.4 Å². The minimum Gasteiger partial charge on any atom is -0.395 e. The number of nitrogens with zero attached hydrogens (tertiary/aromatic N) is 4. The molecule has 5 rings (SSSR count). The first-order valence-corrected chi connectivity index (χ1v) is 15.4. The van der Waals surface area contributed by atoms with E-state index in [0.717, 1.165) is 16.8 Å². The van der Waals surface area contributed by atoms with Crippen LogP contribution in [0.2, 0.25) is 10.2 Å². The fourth-order valence-electron chi connectivity index (χ4n) is 5.88. The summed E-state index contributed by atoms with van der Waals surface area (Å²) in [6.07, 6.45) is -3.52. The Morgan fingerprint density at radius 1 is 1.05 bits per heavy atom. The molecule has 8 nitrogen and oxygen atoms in total. The maximum absolute atomic E-state index is 14.1. The standard InChI is InChI=1S/C26H27Cl2F5N4O4S/c27-13-1-2-19(28)34-21(13)24(25(41)3-5-26(32,33)6-4-25)42-11-17(39)22(23(40)18(42)10-38)37-9-16(35-36-37)12-7-14(29)20(31)15(30)8-12/h1-2,7-9,17-18,22-24,38-42H,3-6,10-11H2/t17-,18+,22-,23-,24+/m0/s1. The molecule has 2 fully saturated rings. The normalized spacial score (nSPS) is 28.9. The van der Waals surface area contributed by atoms with Gasteiger partial charge in [-0.25, -0.2) is 42.5 Å².